The van der Waals surface area contributed by atoms with Gasteiger partial charge < -0.3 is 10.1 Å². The molecule has 2 nitrogen and oxygen atoms in total. The topological polar surface area (TPSA) is 21.3 Å². The van der Waals surface area contributed by atoms with Gasteiger partial charge in [0, 0.05) is 11.1 Å². The van der Waals surface area contributed by atoms with E-state index in [-0.39, 0.29) is 0 Å². The van der Waals surface area contributed by atoms with Gasteiger partial charge in [0.15, 0.2) is 0 Å². The summed E-state index contributed by atoms with van der Waals surface area (Å²) in [5.74, 6) is 0.908. The molecule has 1 saturated carbocycles. The Morgan fingerprint density at radius 1 is 1.00 bits per heavy atom. The Bertz CT molecular complexity index is 358. The Morgan fingerprint density at radius 3 is 2.40 bits per heavy atom. The lowest BCUT2D eigenvalue weighted by Crippen LogP contribution is -2.29. The summed E-state index contributed by atoms with van der Waals surface area (Å²) < 4.78 is 5.69. The lowest BCUT2D eigenvalue weighted by molar-refractivity contribution is 0.303. The molecular formula is C17H26ClNO. The van der Waals surface area contributed by atoms with Gasteiger partial charge in [0.1, 0.15) is 5.75 Å². The molecule has 20 heavy (non-hydrogen) atoms. The summed E-state index contributed by atoms with van der Waals surface area (Å²) in [6, 6.07) is 8.34. The molecule has 112 valence electrons. The number of hydrogen-bond donors (Lipinski definition) is 1. The minimum absolute atomic E-state index is 0.755. The van der Waals surface area contributed by atoms with Crippen LogP contribution in [0.25, 0.3) is 0 Å². The second kappa shape index (κ2) is 9.25. The maximum absolute atomic E-state index is 5.84. The van der Waals surface area contributed by atoms with Gasteiger partial charge in [-0.25, -0.2) is 0 Å². The second-order valence-corrected chi connectivity index (χ2v) is 6.09. The Balaban J connectivity index is 1.50. The molecule has 0 aliphatic heterocycles. The van der Waals surface area contributed by atoms with Crippen LogP contribution in [0.4, 0.5) is 0 Å². The van der Waals surface area contributed by atoms with Crippen molar-refractivity contribution in [1.82, 2.24) is 5.32 Å². The molecule has 0 spiro atoms. The van der Waals surface area contributed by atoms with E-state index in [9.17, 15) is 0 Å². The van der Waals surface area contributed by atoms with E-state index in [1.807, 2.05) is 24.3 Å². The molecule has 0 saturated heterocycles. The zero-order valence-electron chi connectivity index (χ0n) is 12.2. The van der Waals surface area contributed by atoms with Gasteiger partial charge in [-0.05, 0) is 56.5 Å². The van der Waals surface area contributed by atoms with Crippen LogP contribution in [0.15, 0.2) is 24.3 Å². The SMILES string of the molecule is Clc1ccc(OCCCCNC2CCCCCC2)cc1. The predicted octanol–water partition coefficient (Wildman–Crippen LogP) is 4.81. The van der Waals surface area contributed by atoms with Gasteiger partial charge in [0.25, 0.3) is 0 Å². The van der Waals surface area contributed by atoms with Gasteiger partial charge in [-0.15, -0.1) is 0 Å². The van der Waals surface area contributed by atoms with E-state index in [0.29, 0.717) is 0 Å². The molecule has 0 bridgehead atoms. The average molecular weight is 296 g/mol. The maximum atomic E-state index is 5.84. The maximum Gasteiger partial charge on any atom is 0.119 e. The van der Waals surface area contributed by atoms with Crippen LogP contribution >= 0.6 is 11.6 Å². The summed E-state index contributed by atoms with van der Waals surface area (Å²) in [6.45, 7) is 1.91. The molecule has 1 N–H and O–H groups in total. The fourth-order valence-electron chi connectivity index (χ4n) is 2.74. The lowest BCUT2D eigenvalue weighted by Gasteiger charge is -2.16. The van der Waals surface area contributed by atoms with Crippen molar-refractivity contribution in [2.24, 2.45) is 0 Å². The van der Waals surface area contributed by atoms with Crippen LogP contribution in [0, 0.1) is 0 Å². The third-order valence-corrected chi connectivity index (χ3v) is 4.19. The van der Waals surface area contributed by atoms with Crippen LogP contribution in [0.1, 0.15) is 51.4 Å². The first-order valence-corrected chi connectivity index (χ1v) is 8.34. The minimum atomic E-state index is 0.755. The van der Waals surface area contributed by atoms with Crippen LogP contribution in [0.2, 0.25) is 5.02 Å². The molecule has 1 aliphatic rings. The van der Waals surface area contributed by atoms with E-state index < -0.39 is 0 Å². The Morgan fingerprint density at radius 2 is 1.70 bits per heavy atom. The standard InChI is InChI=1S/C17H26ClNO/c18-15-9-11-17(12-10-15)20-14-6-5-13-19-16-7-3-1-2-4-8-16/h9-12,16,19H,1-8,13-14H2. The van der Waals surface area contributed by atoms with Gasteiger partial charge in [-0.1, -0.05) is 37.3 Å². The van der Waals surface area contributed by atoms with Gasteiger partial charge in [-0.3, -0.25) is 0 Å². The monoisotopic (exact) mass is 295 g/mol. The van der Waals surface area contributed by atoms with Crippen LogP contribution < -0.4 is 10.1 Å². The summed E-state index contributed by atoms with van der Waals surface area (Å²) in [6.07, 6.45) is 10.7. The van der Waals surface area contributed by atoms with Crippen LogP contribution in [-0.4, -0.2) is 19.2 Å². The first kappa shape index (κ1) is 15.7. The number of hydrogen-bond acceptors (Lipinski definition) is 2. The highest BCUT2D eigenvalue weighted by Gasteiger charge is 2.10. The van der Waals surface area contributed by atoms with E-state index in [1.54, 1.807) is 0 Å². The lowest BCUT2D eigenvalue weighted by atomic mass is 10.1. The van der Waals surface area contributed by atoms with Crippen molar-refractivity contribution < 1.29 is 4.74 Å². The summed E-state index contributed by atoms with van der Waals surface area (Å²) in [5, 5.41) is 4.45. The molecule has 0 aromatic heterocycles. The molecule has 3 heteroatoms. The first-order valence-electron chi connectivity index (χ1n) is 7.96. The minimum Gasteiger partial charge on any atom is -0.494 e. The zero-order valence-corrected chi connectivity index (χ0v) is 13.0. The molecule has 0 unspecified atom stereocenters. The van der Waals surface area contributed by atoms with Crippen molar-refractivity contribution in [1.29, 1.82) is 0 Å². The second-order valence-electron chi connectivity index (χ2n) is 5.65. The first-order chi connectivity index (χ1) is 9.84. The van der Waals surface area contributed by atoms with E-state index in [1.165, 1.54) is 44.9 Å². The van der Waals surface area contributed by atoms with Crippen molar-refractivity contribution in [2.75, 3.05) is 13.2 Å². The van der Waals surface area contributed by atoms with E-state index in [4.69, 9.17) is 16.3 Å². The molecule has 2 rings (SSSR count). The van der Waals surface area contributed by atoms with Crippen molar-refractivity contribution in [3.63, 3.8) is 0 Å². The molecule has 1 aromatic rings. The Kier molecular flexibility index (Phi) is 7.24. The molecule has 0 amide bonds. The number of rotatable bonds is 7. The highest BCUT2D eigenvalue weighted by atomic mass is 35.5. The zero-order chi connectivity index (χ0) is 14.0. The number of ether oxygens (including phenoxy) is 1. The van der Waals surface area contributed by atoms with E-state index in [2.05, 4.69) is 5.32 Å². The number of benzene rings is 1. The quantitative estimate of drug-likeness (QED) is 0.576. The van der Waals surface area contributed by atoms with Crippen LogP contribution in [-0.2, 0) is 0 Å². The molecule has 0 heterocycles. The largest absolute Gasteiger partial charge is 0.494 e. The van der Waals surface area contributed by atoms with Gasteiger partial charge in [-0.2, -0.15) is 0 Å². The average Bonchev–Trinajstić information content (AvgIpc) is 2.73. The van der Waals surface area contributed by atoms with E-state index in [0.717, 1.165) is 36.4 Å². The fourth-order valence-corrected chi connectivity index (χ4v) is 2.86. The number of unbranched alkanes of at least 4 members (excludes halogenated alkanes) is 1. The smallest absolute Gasteiger partial charge is 0.119 e. The third kappa shape index (κ3) is 6.15. The van der Waals surface area contributed by atoms with Crippen molar-refractivity contribution in [2.45, 2.75) is 57.4 Å². The highest BCUT2D eigenvalue weighted by Crippen LogP contribution is 2.17. The summed E-state index contributed by atoms with van der Waals surface area (Å²) >= 11 is 5.84. The summed E-state index contributed by atoms with van der Waals surface area (Å²) in [4.78, 5) is 0. The third-order valence-electron chi connectivity index (χ3n) is 3.94. The van der Waals surface area contributed by atoms with Gasteiger partial charge in [0.05, 0.1) is 6.61 Å². The Hall–Kier alpha value is -0.730. The normalized spacial score (nSPS) is 16.9. The summed E-state index contributed by atoms with van der Waals surface area (Å²) in [5.41, 5.74) is 0. The molecule has 0 atom stereocenters. The number of halogens is 1. The number of nitrogens with one attached hydrogen (secondary N) is 1. The molecular weight excluding hydrogens is 270 g/mol. The fraction of sp³-hybridized carbons (Fsp3) is 0.647. The highest BCUT2D eigenvalue weighted by molar-refractivity contribution is 6.30. The van der Waals surface area contributed by atoms with Crippen LogP contribution in [0.5, 0.6) is 5.75 Å². The van der Waals surface area contributed by atoms with Crippen molar-refractivity contribution >= 4 is 11.6 Å². The van der Waals surface area contributed by atoms with E-state index >= 15 is 0 Å². The molecule has 1 aromatic carbocycles. The molecule has 1 fully saturated rings. The van der Waals surface area contributed by atoms with Crippen LogP contribution in [0.3, 0.4) is 0 Å². The summed E-state index contributed by atoms with van der Waals surface area (Å²) in [7, 11) is 0. The van der Waals surface area contributed by atoms with Crippen molar-refractivity contribution in [3.8, 4) is 5.75 Å². The predicted molar refractivity (Wildman–Crippen MR) is 85.7 cm³/mol. The van der Waals surface area contributed by atoms with Gasteiger partial charge >= 0.3 is 0 Å². The van der Waals surface area contributed by atoms with Crippen molar-refractivity contribution in [3.05, 3.63) is 29.3 Å². The van der Waals surface area contributed by atoms with Gasteiger partial charge in [0.2, 0.25) is 0 Å². The molecule has 0 radical (unpaired) electrons. The Labute approximate surface area is 127 Å². The molecule has 1 aliphatic carbocycles.